The maximum absolute atomic E-state index is 4.05. The largest absolute Gasteiger partial charge is 0.382 e. The fourth-order valence-corrected chi connectivity index (χ4v) is 3.00. The second-order valence-corrected chi connectivity index (χ2v) is 5.59. The lowest BCUT2D eigenvalue weighted by molar-refractivity contribution is 0.374. The van der Waals surface area contributed by atoms with Crippen LogP contribution in [0.3, 0.4) is 0 Å². The van der Waals surface area contributed by atoms with Crippen LogP contribution in [0.15, 0.2) is 54.7 Å². The minimum Gasteiger partial charge on any atom is -0.382 e. The zero-order chi connectivity index (χ0) is 13.4. The van der Waals surface area contributed by atoms with E-state index in [0.29, 0.717) is 12.0 Å². The predicted molar refractivity (Wildman–Crippen MR) is 81.9 cm³/mol. The van der Waals surface area contributed by atoms with Crippen LogP contribution in [0, 0.1) is 0 Å². The van der Waals surface area contributed by atoms with Crippen molar-refractivity contribution in [1.29, 1.82) is 0 Å². The average Bonchev–Trinajstić information content (AvgIpc) is 2.91. The summed E-state index contributed by atoms with van der Waals surface area (Å²) in [6.07, 6.45) is 4.30. The van der Waals surface area contributed by atoms with Gasteiger partial charge in [-0.05, 0) is 42.5 Å². The molecule has 1 heterocycles. The highest BCUT2D eigenvalue weighted by Gasteiger charge is 2.29. The van der Waals surface area contributed by atoms with Gasteiger partial charge in [0, 0.05) is 17.1 Å². The van der Waals surface area contributed by atoms with Gasteiger partial charge in [0.1, 0.15) is 0 Å². The van der Waals surface area contributed by atoms with Gasteiger partial charge in [-0.3, -0.25) is 5.10 Å². The number of nitrogens with one attached hydrogen (secondary N) is 2. The van der Waals surface area contributed by atoms with E-state index in [0.717, 1.165) is 10.9 Å². The van der Waals surface area contributed by atoms with Gasteiger partial charge in [0.2, 0.25) is 0 Å². The molecule has 0 amide bonds. The molecule has 0 atom stereocenters. The Labute approximate surface area is 118 Å². The number of anilines is 1. The molecule has 4 rings (SSSR count). The van der Waals surface area contributed by atoms with Gasteiger partial charge in [-0.25, -0.2) is 0 Å². The first kappa shape index (κ1) is 11.5. The van der Waals surface area contributed by atoms with Crippen molar-refractivity contribution in [3.05, 3.63) is 60.3 Å². The molecular formula is C17H17N3. The zero-order valence-corrected chi connectivity index (χ0v) is 11.2. The first-order valence-corrected chi connectivity index (χ1v) is 7.13. The lowest BCUT2D eigenvalue weighted by Gasteiger charge is -2.37. The van der Waals surface area contributed by atoms with Gasteiger partial charge in [-0.2, -0.15) is 5.10 Å². The summed E-state index contributed by atoms with van der Waals surface area (Å²) in [6, 6.07) is 17.8. The molecule has 3 aromatic rings. The third-order valence-electron chi connectivity index (χ3n) is 4.22. The van der Waals surface area contributed by atoms with E-state index in [2.05, 4.69) is 64.0 Å². The van der Waals surface area contributed by atoms with Crippen LogP contribution >= 0.6 is 0 Å². The molecule has 0 radical (unpaired) electrons. The normalized spacial score (nSPS) is 21.6. The van der Waals surface area contributed by atoms with E-state index >= 15 is 0 Å². The molecule has 3 nitrogen and oxygen atoms in total. The van der Waals surface area contributed by atoms with Crippen molar-refractivity contribution in [1.82, 2.24) is 10.2 Å². The monoisotopic (exact) mass is 263 g/mol. The number of H-pyrrole nitrogens is 1. The van der Waals surface area contributed by atoms with E-state index in [1.807, 2.05) is 6.20 Å². The molecule has 1 aromatic heterocycles. The molecule has 20 heavy (non-hydrogen) atoms. The molecule has 1 saturated carbocycles. The lowest BCUT2D eigenvalue weighted by atomic mass is 9.76. The van der Waals surface area contributed by atoms with Gasteiger partial charge in [0.25, 0.3) is 0 Å². The van der Waals surface area contributed by atoms with E-state index < -0.39 is 0 Å². The molecule has 2 N–H and O–H groups in total. The number of nitrogens with zero attached hydrogens (tertiary/aromatic N) is 1. The summed E-state index contributed by atoms with van der Waals surface area (Å²) in [7, 11) is 0. The highest BCUT2D eigenvalue weighted by Crippen LogP contribution is 2.38. The Kier molecular flexibility index (Phi) is 2.69. The van der Waals surface area contributed by atoms with Crippen LogP contribution in [-0.2, 0) is 0 Å². The van der Waals surface area contributed by atoms with Crippen molar-refractivity contribution in [3.8, 4) is 0 Å². The summed E-state index contributed by atoms with van der Waals surface area (Å²) in [4.78, 5) is 0. The standard InChI is InChI=1S/C17H17N3/c1-2-4-12(5-3-1)13-8-16(9-13)19-15-6-7-17-14(10-15)11-18-20-17/h1-7,10-11,13,16,19H,8-9H2,(H,18,20). The van der Waals surface area contributed by atoms with E-state index in [-0.39, 0.29) is 0 Å². The molecule has 3 heteroatoms. The summed E-state index contributed by atoms with van der Waals surface area (Å²) in [6.45, 7) is 0. The quantitative estimate of drug-likeness (QED) is 0.752. The Morgan fingerprint density at radius 2 is 1.90 bits per heavy atom. The van der Waals surface area contributed by atoms with E-state index in [9.17, 15) is 0 Å². The Bertz CT molecular complexity index is 711. The lowest BCUT2D eigenvalue weighted by Crippen LogP contribution is -2.33. The molecule has 1 fully saturated rings. The van der Waals surface area contributed by atoms with Crippen LogP contribution < -0.4 is 5.32 Å². The minimum atomic E-state index is 0.588. The number of fused-ring (bicyclic) bond motifs is 1. The van der Waals surface area contributed by atoms with Crippen molar-refractivity contribution in [2.24, 2.45) is 0 Å². The number of benzene rings is 2. The second-order valence-electron chi connectivity index (χ2n) is 5.59. The van der Waals surface area contributed by atoms with Crippen LogP contribution in [0.4, 0.5) is 5.69 Å². The summed E-state index contributed by atoms with van der Waals surface area (Å²) in [5.74, 6) is 0.714. The summed E-state index contributed by atoms with van der Waals surface area (Å²) in [5, 5.41) is 11.8. The third kappa shape index (κ3) is 2.05. The number of hydrogen-bond donors (Lipinski definition) is 2. The Morgan fingerprint density at radius 1 is 1.05 bits per heavy atom. The van der Waals surface area contributed by atoms with Gasteiger partial charge >= 0.3 is 0 Å². The topological polar surface area (TPSA) is 40.7 Å². The van der Waals surface area contributed by atoms with Crippen LogP contribution in [0.1, 0.15) is 24.3 Å². The smallest absolute Gasteiger partial charge is 0.0651 e. The van der Waals surface area contributed by atoms with E-state index in [4.69, 9.17) is 0 Å². The summed E-state index contributed by atoms with van der Waals surface area (Å²) in [5.41, 5.74) is 3.75. The predicted octanol–water partition coefficient (Wildman–Crippen LogP) is 3.92. The first-order chi connectivity index (χ1) is 9.88. The van der Waals surface area contributed by atoms with Gasteiger partial charge < -0.3 is 5.32 Å². The molecule has 0 saturated heterocycles. The Hall–Kier alpha value is -2.29. The molecule has 100 valence electrons. The SMILES string of the molecule is c1ccc(C2CC(Nc3ccc4[nH]ncc4c3)C2)cc1. The fraction of sp³-hybridized carbons (Fsp3) is 0.235. The molecule has 0 unspecified atom stereocenters. The molecule has 0 spiro atoms. The summed E-state index contributed by atoms with van der Waals surface area (Å²) < 4.78 is 0. The summed E-state index contributed by atoms with van der Waals surface area (Å²) >= 11 is 0. The van der Waals surface area contributed by atoms with Crippen molar-refractivity contribution >= 4 is 16.6 Å². The maximum atomic E-state index is 4.05. The minimum absolute atomic E-state index is 0.588. The van der Waals surface area contributed by atoms with Crippen molar-refractivity contribution in [2.75, 3.05) is 5.32 Å². The van der Waals surface area contributed by atoms with Crippen molar-refractivity contribution in [2.45, 2.75) is 24.8 Å². The van der Waals surface area contributed by atoms with Crippen LogP contribution in [0.2, 0.25) is 0 Å². The number of aromatic nitrogens is 2. The van der Waals surface area contributed by atoms with Crippen LogP contribution in [0.5, 0.6) is 0 Å². The van der Waals surface area contributed by atoms with Gasteiger partial charge in [-0.15, -0.1) is 0 Å². The Morgan fingerprint density at radius 3 is 2.75 bits per heavy atom. The maximum Gasteiger partial charge on any atom is 0.0651 e. The fourth-order valence-electron chi connectivity index (χ4n) is 3.00. The first-order valence-electron chi connectivity index (χ1n) is 7.13. The molecule has 0 bridgehead atoms. The van der Waals surface area contributed by atoms with Crippen LogP contribution in [-0.4, -0.2) is 16.2 Å². The van der Waals surface area contributed by atoms with Gasteiger partial charge in [0.05, 0.1) is 11.7 Å². The molecule has 2 aromatic carbocycles. The highest BCUT2D eigenvalue weighted by atomic mass is 15.1. The number of aromatic amines is 1. The molecular weight excluding hydrogens is 246 g/mol. The van der Waals surface area contributed by atoms with Crippen LogP contribution in [0.25, 0.3) is 10.9 Å². The van der Waals surface area contributed by atoms with E-state index in [1.54, 1.807) is 0 Å². The van der Waals surface area contributed by atoms with Gasteiger partial charge in [-0.1, -0.05) is 30.3 Å². The van der Waals surface area contributed by atoms with Crippen molar-refractivity contribution < 1.29 is 0 Å². The average molecular weight is 263 g/mol. The molecule has 1 aliphatic rings. The molecule has 1 aliphatic carbocycles. The highest BCUT2D eigenvalue weighted by molar-refractivity contribution is 5.81. The van der Waals surface area contributed by atoms with Gasteiger partial charge in [0.15, 0.2) is 0 Å². The number of hydrogen-bond acceptors (Lipinski definition) is 2. The third-order valence-corrected chi connectivity index (χ3v) is 4.22. The van der Waals surface area contributed by atoms with Crippen molar-refractivity contribution in [3.63, 3.8) is 0 Å². The number of rotatable bonds is 3. The van der Waals surface area contributed by atoms with E-state index in [1.165, 1.54) is 24.1 Å². The second kappa shape index (κ2) is 4.67. The molecule has 0 aliphatic heterocycles. The zero-order valence-electron chi connectivity index (χ0n) is 11.2. The Balaban J connectivity index is 1.41.